The first-order chi connectivity index (χ1) is 6.72. The molecule has 0 aliphatic rings. The maximum absolute atomic E-state index is 10.3. The standard InChI is InChI=1S/C10H12O2S2/c1-13-9-4-2-8(3-5-9)6-14-7-10(11)12/h2-5H,6-7H2,1H3,(H,11,12). The minimum atomic E-state index is -0.754. The molecule has 0 spiro atoms. The molecule has 0 unspecified atom stereocenters. The highest BCUT2D eigenvalue weighted by Gasteiger charge is 1.98. The molecule has 1 rings (SSSR count). The second-order valence-electron chi connectivity index (χ2n) is 2.73. The molecule has 0 bridgehead atoms. The van der Waals surface area contributed by atoms with Crippen LogP contribution in [-0.2, 0) is 10.5 Å². The lowest BCUT2D eigenvalue weighted by Crippen LogP contribution is -1.98. The van der Waals surface area contributed by atoms with E-state index in [9.17, 15) is 4.79 Å². The fourth-order valence-electron chi connectivity index (χ4n) is 0.978. The van der Waals surface area contributed by atoms with Crippen LogP contribution in [0, 0.1) is 0 Å². The first-order valence-electron chi connectivity index (χ1n) is 4.15. The average molecular weight is 228 g/mol. The summed E-state index contributed by atoms with van der Waals surface area (Å²) in [6.07, 6.45) is 2.04. The third-order valence-electron chi connectivity index (χ3n) is 1.65. The summed E-state index contributed by atoms with van der Waals surface area (Å²) in [6, 6.07) is 8.20. The van der Waals surface area contributed by atoms with E-state index < -0.39 is 5.97 Å². The molecular formula is C10H12O2S2. The fourth-order valence-corrected chi connectivity index (χ4v) is 2.09. The third-order valence-corrected chi connectivity index (χ3v) is 3.39. The maximum atomic E-state index is 10.3. The van der Waals surface area contributed by atoms with Gasteiger partial charge in [-0.2, -0.15) is 0 Å². The summed E-state index contributed by atoms with van der Waals surface area (Å²) in [5.74, 6) is 0.182. The van der Waals surface area contributed by atoms with Crippen LogP contribution in [0.3, 0.4) is 0 Å². The van der Waals surface area contributed by atoms with Gasteiger partial charge >= 0.3 is 5.97 Å². The van der Waals surface area contributed by atoms with Crippen LogP contribution in [0.2, 0.25) is 0 Å². The summed E-state index contributed by atoms with van der Waals surface area (Å²) in [4.78, 5) is 11.5. The van der Waals surface area contributed by atoms with Gasteiger partial charge in [0.2, 0.25) is 0 Å². The molecule has 0 atom stereocenters. The Labute approximate surface area is 92.1 Å². The van der Waals surface area contributed by atoms with Gasteiger partial charge in [0, 0.05) is 10.6 Å². The van der Waals surface area contributed by atoms with E-state index in [1.807, 2.05) is 18.4 Å². The van der Waals surface area contributed by atoms with Crippen molar-refractivity contribution >= 4 is 29.5 Å². The van der Waals surface area contributed by atoms with E-state index in [1.54, 1.807) is 11.8 Å². The van der Waals surface area contributed by atoms with Crippen LogP contribution in [-0.4, -0.2) is 23.1 Å². The lowest BCUT2D eigenvalue weighted by atomic mass is 10.2. The van der Waals surface area contributed by atoms with E-state index in [2.05, 4.69) is 12.1 Å². The first kappa shape index (κ1) is 11.5. The van der Waals surface area contributed by atoms with Crippen molar-refractivity contribution in [3.8, 4) is 0 Å². The van der Waals surface area contributed by atoms with Crippen molar-refractivity contribution in [3.63, 3.8) is 0 Å². The molecule has 1 aromatic rings. The zero-order chi connectivity index (χ0) is 10.4. The molecule has 1 aromatic carbocycles. The zero-order valence-electron chi connectivity index (χ0n) is 7.90. The Morgan fingerprint density at radius 3 is 2.50 bits per heavy atom. The Bertz CT molecular complexity index is 295. The molecule has 0 saturated carbocycles. The zero-order valence-corrected chi connectivity index (χ0v) is 9.53. The molecule has 14 heavy (non-hydrogen) atoms. The summed E-state index contributed by atoms with van der Waals surface area (Å²) < 4.78 is 0. The normalized spacial score (nSPS) is 10.1. The molecule has 4 heteroatoms. The van der Waals surface area contributed by atoms with Gasteiger partial charge in [-0.15, -0.1) is 23.5 Å². The molecular weight excluding hydrogens is 216 g/mol. The van der Waals surface area contributed by atoms with Crippen LogP contribution >= 0.6 is 23.5 Å². The van der Waals surface area contributed by atoms with E-state index in [1.165, 1.54) is 22.2 Å². The van der Waals surface area contributed by atoms with Crippen LogP contribution in [0.1, 0.15) is 5.56 Å². The van der Waals surface area contributed by atoms with E-state index in [0.717, 1.165) is 5.75 Å². The smallest absolute Gasteiger partial charge is 0.313 e. The summed E-state index contributed by atoms with van der Waals surface area (Å²) in [6.45, 7) is 0. The van der Waals surface area contributed by atoms with Gasteiger partial charge in [-0.25, -0.2) is 0 Å². The second-order valence-corrected chi connectivity index (χ2v) is 4.60. The predicted molar refractivity (Wildman–Crippen MR) is 62.0 cm³/mol. The van der Waals surface area contributed by atoms with Crippen molar-refractivity contribution in [2.24, 2.45) is 0 Å². The monoisotopic (exact) mass is 228 g/mol. The van der Waals surface area contributed by atoms with Crippen molar-refractivity contribution in [3.05, 3.63) is 29.8 Å². The summed E-state index contributed by atoms with van der Waals surface area (Å²) >= 11 is 3.13. The second kappa shape index (κ2) is 5.98. The summed E-state index contributed by atoms with van der Waals surface area (Å²) in [5, 5.41) is 8.45. The topological polar surface area (TPSA) is 37.3 Å². The quantitative estimate of drug-likeness (QED) is 0.786. The Morgan fingerprint density at radius 1 is 1.36 bits per heavy atom. The van der Waals surface area contributed by atoms with Gasteiger partial charge in [0.25, 0.3) is 0 Å². The molecule has 0 heterocycles. The van der Waals surface area contributed by atoms with Gasteiger partial charge in [0.1, 0.15) is 0 Å². The number of benzene rings is 1. The van der Waals surface area contributed by atoms with Gasteiger partial charge in [-0.05, 0) is 24.0 Å². The van der Waals surface area contributed by atoms with E-state index in [-0.39, 0.29) is 5.75 Å². The lowest BCUT2D eigenvalue weighted by Gasteiger charge is -2.00. The Kier molecular flexibility index (Phi) is 4.90. The molecule has 0 amide bonds. The highest BCUT2D eigenvalue weighted by atomic mass is 32.2. The van der Waals surface area contributed by atoms with Gasteiger partial charge in [0.05, 0.1) is 5.75 Å². The minimum absolute atomic E-state index is 0.171. The van der Waals surface area contributed by atoms with Crippen LogP contribution in [0.15, 0.2) is 29.2 Å². The van der Waals surface area contributed by atoms with Crippen molar-refractivity contribution in [1.29, 1.82) is 0 Å². The van der Waals surface area contributed by atoms with Gasteiger partial charge in [-0.3, -0.25) is 4.79 Å². The number of hydrogen-bond acceptors (Lipinski definition) is 3. The largest absolute Gasteiger partial charge is 0.481 e. The number of carbonyl (C=O) groups is 1. The Hall–Kier alpha value is -0.610. The lowest BCUT2D eigenvalue weighted by molar-refractivity contribution is -0.133. The van der Waals surface area contributed by atoms with Crippen LogP contribution < -0.4 is 0 Å². The summed E-state index contributed by atoms with van der Waals surface area (Å²) in [7, 11) is 0. The van der Waals surface area contributed by atoms with Crippen molar-refractivity contribution < 1.29 is 9.90 Å². The SMILES string of the molecule is CSc1ccc(CSCC(=O)O)cc1. The van der Waals surface area contributed by atoms with Crippen LogP contribution in [0.4, 0.5) is 0 Å². The summed E-state index contributed by atoms with van der Waals surface area (Å²) in [5.41, 5.74) is 1.18. The fraction of sp³-hybridized carbons (Fsp3) is 0.300. The number of carboxylic acid groups (broad SMARTS) is 1. The number of hydrogen-bond donors (Lipinski definition) is 1. The molecule has 76 valence electrons. The van der Waals surface area contributed by atoms with Crippen molar-refractivity contribution in [2.45, 2.75) is 10.6 Å². The van der Waals surface area contributed by atoms with Crippen molar-refractivity contribution in [1.82, 2.24) is 0 Å². The predicted octanol–water partition coefficient (Wildman–Crippen LogP) is 2.73. The van der Waals surface area contributed by atoms with Crippen molar-refractivity contribution in [2.75, 3.05) is 12.0 Å². The van der Waals surface area contributed by atoms with E-state index in [0.29, 0.717) is 0 Å². The molecule has 1 N–H and O–H groups in total. The number of rotatable bonds is 5. The van der Waals surface area contributed by atoms with Gasteiger partial charge < -0.3 is 5.11 Å². The molecule has 2 nitrogen and oxygen atoms in total. The van der Waals surface area contributed by atoms with E-state index in [4.69, 9.17) is 5.11 Å². The number of thioether (sulfide) groups is 2. The third kappa shape index (κ3) is 4.07. The Balaban J connectivity index is 2.40. The first-order valence-corrected chi connectivity index (χ1v) is 6.53. The molecule has 0 aromatic heterocycles. The highest BCUT2D eigenvalue weighted by molar-refractivity contribution is 7.99. The van der Waals surface area contributed by atoms with Gasteiger partial charge in [-0.1, -0.05) is 12.1 Å². The molecule has 0 aliphatic carbocycles. The van der Waals surface area contributed by atoms with Crippen LogP contribution in [0.25, 0.3) is 0 Å². The molecule has 0 saturated heterocycles. The molecule has 0 aliphatic heterocycles. The number of carboxylic acids is 1. The maximum Gasteiger partial charge on any atom is 0.313 e. The number of aliphatic carboxylic acids is 1. The van der Waals surface area contributed by atoms with Crippen LogP contribution in [0.5, 0.6) is 0 Å². The van der Waals surface area contributed by atoms with E-state index >= 15 is 0 Å². The highest BCUT2D eigenvalue weighted by Crippen LogP contribution is 2.17. The van der Waals surface area contributed by atoms with Gasteiger partial charge in [0.15, 0.2) is 0 Å². The minimum Gasteiger partial charge on any atom is -0.481 e. The average Bonchev–Trinajstić information content (AvgIpc) is 2.18. The molecule has 0 radical (unpaired) electrons. The Morgan fingerprint density at radius 2 is 2.00 bits per heavy atom. The molecule has 0 fully saturated rings.